The molecule has 0 atom stereocenters. The van der Waals surface area contributed by atoms with Gasteiger partial charge < -0.3 is 0 Å². The second-order valence-electron chi connectivity index (χ2n) is 1.83. The molecule has 1 heteroatoms. The summed E-state index contributed by atoms with van der Waals surface area (Å²) in [6.45, 7) is 2.00. The molecule has 0 aliphatic rings. The Balaban J connectivity index is 3.08. The highest BCUT2D eigenvalue weighted by Crippen LogP contribution is 1.86. The van der Waals surface area contributed by atoms with E-state index in [1.165, 1.54) is 10.1 Å². The average molecular weight is 106 g/mol. The fraction of sp³-hybridized carbons (Fsp3) is 0.143. The van der Waals surface area contributed by atoms with Gasteiger partial charge in [-0.05, 0) is 13.0 Å². The zero-order valence-electron chi connectivity index (χ0n) is 4.83. The minimum absolute atomic E-state index is 1.18. The first-order chi connectivity index (χ1) is 3.79. The molecule has 1 aromatic heterocycles. The highest BCUT2D eigenvalue weighted by atomic mass is 14.9. The lowest BCUT2D eigenvalue weighted by molar-refractivity contribution is -0.612. The minimum atomic E-state index is 1.18. The maximum absolute atomic E-state index is 5.38. The zero-order valence-corrected chi connectivity index (χ0v) is 4.83. The molecule has 1 nitrogen and oxygen atoms in total. The van der Waals surface area contributed by atoms with Crippen LogP contribution in [0.5, 0.6) is 0 Å². The van der Waals surface area contributed by atoms with E-state index >= 15 is 0 Å². The predicted molar refractivity (Wildman–Crippen MR) is 31.1 cm³/mol. The molecule has 8 heavy (non-hydrogen) atoms. The molecule has 0 saturated carbocycles. The summed E-state index contributed by atoms with van der Waals surface area (Å²) < 4.78 is 1.54. The number of nitrogens with zero attached hydrogens (tertiary/aromatic N) is 1. The molecule has 0 fully saturated rings. The van der Waals surface area contributed by atoms with Crippen LogP contribution in [0.1, 0.15) is 5.56 Å². The van der Waals surface area contributed by atoms with Gasteiger partial charge in [-0.25, -0.2) is 0 Å². The van der Waals surface area contributed by atoms with Crippen molar-refractivity contribution in [2.75, 3.05) is 0 Å². The van der Waals surface area contributed by atoms with Gasteiger partial charge >= 0.3 is 0 Å². The van der Waals surface area contributed by atoms with Crippen LogP contribution in [0.4, 0.5) is 0 Å². The summed E-state index contributed by atoms with van der Waals surface area (Å²) in [5.41, 5.74) is 1.18. The Morgan fingerprint density at radius 1 is 1.62 bits per heavy atom. The van der Waals surface area contributed by atoms with E-state index in [1.807, 2.05) is 25.3 Å². The van der Waals surface area contributed by atoms with Crippen molar-refractivity contribution in [3.05, 3.63) is 37.1 Å². The number of aryl methyl sites for hydroxylation is 1. The standard InChI is InChI=1S/C7H8N/c1-7-4-3-5-8(2)6-7/h2-6H,1H3/q+1. The van der Waals surface area contributed by atoms with Crippen LogP contribution < -0.4 is 4.57 Å². The molecular weight excluding hydrogens is 98.1 g/mol. The summed E-state index contributed by atoms with van der Waals surface area (Å²) in [4.78, 5) is 0. The first-order valence-corrected chi connectivity index (χ1v) is 2.52. The van der Waals surface area contributed by atoms with Crippen molar-refractivity contribution in [3.63, 3.8) is 0 Å². The highest BCUT2D eigenvalue weighted by Gasteiger charge is 1.88. The van der Waals surface area contributed by atoms with E-state index in [4.69, 9.17) is 7.05 Å². The van der Waals surface area contributed by atoms with Gasteiger partial charge in [-0.1, -0.05) is 0 Å². The van der Waals surface area contributed by atoms with Gasteiger partial charge in [-0.15, -0.1) is 0 Å². The fourth-order valence-electron chi connectivity index (χ4n) is 0.615. The SMILES string of the molecule is [CH][n+]1cccc(C)c1. The third-order valence-corrected chi connectivity index (χ3v) is 0.970. The molecule has 0 bridgehead atoms. The van der Waals surface area contributed by atoms with Crippen LogP contribution in [0.15, 0.2) is 24.5 Å². The number of pyridine rings is 1. The summed E-state index contributed by atoms with van der Waals surface area (Å²) in [6, 6.07) is 3.92. The summed E-state index contributed by atoms with van der Waals surface area (Å²) >= 11 is 0. The van der Waals surface area contributed by atoms with Crippen LogP contribution in [0.25, 0.3) is 0 Å². The van der Waals surface area contributed by atoms with E-state index in [-0.39, 0.29) is 0 Å². The Bertz CT molecular complexity index is 164. The van der Waals surface area contributed by atoms with E-state index in [9.17, 15) is 0 Å². The van der Waals surface area contributed by atoms with E-state index in [0.29, 0.717) is 0 Å². The molecule has 40 valence electrons. The molecule has 1 rings (SSSR count). The minimum Gasteiger partial charge on any atom is -0.188 e. The Kier molecular flexibility index (Phi) is 1.29. The van der Waals surface area contributed by atoms with Gasteiger partial charge in [0.25, 0.3) is 7.05 Å². The van der Waals surface area contributed by atoms with Gasteiger partial charge in [0.1, 0.15) is 0 Å². The predicted octanol–water partition coefficient (Wildman–Crippen LogP) is 0.799. The van der Waals surface area contributed by atoms with Crippen molar-refractivity contribution >= 4 is 0 Å². The van der Waals surface area contributed by atoms with Crippen LogP contribution in [-0.2, 0) is 0 Å². The molecule has 0 aromatic carbocycles. The topological polar surface area (TPSA) is 3.88 Å². The molecule has 0 saturated heterocycles. The third kappa shape index (κ3) is 1.06. The van der Waals surface area contributed by atoms with Gasteiger partial charge in [-0.2, -0.15) is 4.57 Å². The number of hydrogen-bond donors (Lipinski definition) is 0. The Labute approximate surface area is 49.6 Å². The van der Waals surface area contributed by atoms with Crippen LogP contribution in [0.2, 0.25) is 0 Å². The lowest BCUT2D eigenvalue weighted by Crippen LogP contribution is -2.23. The van der Waals surface area contributed by atoms with Gasteiger partial charge in [0.2, 0.25) is 0 Å². The first kappa shape index (κ1) is 5.29. The lowest BCUT2D eigenvalue weighted by Gasteiger charge is -1.84. The van der Waals surface area contributed by atoms with Crippen molar-refractivity contribution in [2.24, 2.45) is 0 Å². The molecule has 2 radical (unpaired) electrons. The molecule has 0 aliphatic carbocycles. The molecule has 0 aliphatic heterocycles. The molecule has 1 heterocycles. The van der Waals surface area contributed by atoms with Crippen LogP contribution in [0.3, 0.4) is 0 Å². The van der Waals surface area contributed by atoms with E-state index < -0.39 is 0 Å². The maximum Gasteiger partial charge on any atom is 0.294 e. The molecule has 0 N–H and O–H groups in total. The summed E-state index contributed by atoms with van der Waals surface area (Å²) in [5, 5.41) is 0. The average Bonchev–Trinajstić information content (AvgIpc) is 1.64. The molecule has 0 unspecified atom stereocenters. The fourth-order valence-corrected chi connectivity index (χ4v) is 0.615. The maximum atomic E-state index is 5.38. The Morgan fingerprint density at radius 3 is 2.75 bits per heavy atom. The van der Waals surface area contributed by atoms with Gasteiger partial charge in [0.15, 0.2) is 12.4 Å². The van der Waals surface area contributed by atoms with E-state index in [0.717, 1.165) is 0 Å². The smallest absolute Gasteiger partial charge is 0.188 e. The quantitative estimate of drug-likeness (QED) is 0.431. The molecule has 0 amide bonds. The largest absolute Gasteiger partial charge is 0.294 e. The van der Waals surface area contributed by atoms with Crippen LogP contribution >= 0.6 is 0 Å². The van der Waals surface area contributed by atoms with E-state index in [2.05, 4.69) is 0 Å². The first-order valence-electron chi connectivity index (χ1n) is 2.52. The van der Waals surface area contributed by atoms with E-state index in [1.54, 1.807) is 6.20 Å². The van der Waals surface area contributed by atoms with Crippen LogP contribution in [-0.4, -0.2) is 0 Å². The van der Waals surface area contributed by atoms with Crippen molar-refractivity contribution in [3.8, 4) is 0 Å². The van der Waals surface area contributed by atoms with Gasteiger partial charge in [0, 0.05) is 11.6 Å². The van der Waals surface area contributed by atoms with Crippen molar-refractivity contribution in [1.82, 2.24) is 0 Å². The number of rotatable bonds is 0. The van der Waals surface area contributed by atoms with Gasteiger partial charge in [0.05, 0.1) is 0 Å². The monoisotopic (exact) mass is 106 g/mol. The highest BCUT2D eigenvalue weighted by molar-refractivity contribution is 5.01. The summed E-state index contributed by atoms with van der Waals surface area (Å²) in [5.74, 6) is 0. The Morgan fingerprint density at radius 2 is 2.38 bits per heavy atom. The second kappa shape index (κ2) is 1.95. The summed E-state index contributed by atoms with van der Waals surface area (Å²) in [6.07, 6.45) is 3.66. The number of aromatic nitrogens is 1. The second-order valence-corrected chi connectivity index (χ2v) is 1.83. The van der Waals surface area contributed by atoms with Crippen molar-refractivity contribution in [1.29, 1.82) is 0 Å². The lowest BCUT2D eigenvalue weighted by atomic mass is 10.3. The van der Waals surface area contributed by atoms with Crippen LogP contribution in [0, 0.1) is 14.0 Å². The molecule has 0 spiro atoms. The number of hydrogen-bond acceptors (Lipinski definition) is 0. The molecular formula is C7H8N+. The zero-order chi connectivity index (χ0) is 5.98. The normalized spacial score (nSPS) is 9.25. The summed E-state index contributed by atoms with van der Waals surface area (Å²) in [7, 11) is 5.38. The van der Waals surface area contributed by atoms with Crippen molar-refractivity contribution in [2.45, 2.75) is 6.92 Å². The van der Waals surface area contributed by atoms with Gasteiger partial charge in [-0.3, -0.25) is 0 Å². The Hall–Kier alpha value is -0.850. The third-order valence-electron chi connectivity index (χ3n) is 0.970. The van der Waals surface area contributed by atoms with Crippen molar-refractivity contribution < 1.29 is 4.57 Å². The molecule has 1 aromatic rings.